The van der Waals surface area contributed by atoms with Crippen molar-refractivity contribution < 1.29 is 33.1 Å². The molecule has 2 aromatic heterocycles. The lowest BCUT2D eigenvalue weighted by molar-refractivity contribution is -0.142. The Morgan fingerprint density at radius 2 is 1.67 bits per heavy atom. The van der Waals surface area contributed by atoms with Gasteiger partial charge in [0.2, 0.25) is 11.8 Å². The van der Waals surface area contributed by atoms with Gasteiger partial charge < -0.3 is 29.1 Å². The van der Waals surface area contributed by atoms with Crippen molar-refractivity contribution in [2.75, 3.05) is 52.4 Å². The van der Waals surface area contributed by atoms with E-state index in [1.807, 2.05) is 11.5 Å². The maximum absolute atomic E-state index is 13.8. The Morgan fingerprint density at radius 1 is 0.942 bits per heavy atom. The first-order valence-corrected chi connectivity index (χ1v) is 18.9. The van der Waals surface area contributed by atoms with Gasteiger partial charge in [-0.3, -0.25) is 23.7 Å². The molecule has 3 aliphatic heterocycles. The number of amides is 2. The minimum atomic E-state index is -0.987. The van der Waals surface area contributed by atoms with Crippen molar-refractivity contribution in [1.29, 1.82) is 0 Å². The van der Waals surface area contributed by atoms with E-state index < -0.39 is 5.97 Å². The second kappa shape index (κ2) is 17.6. The van der Waals surface area contributed by atoms with Gasteiger partial charge in [-0.2, -0.15) is 0 Å². The molecule has 52 heavy (non-hydrogen) atoms. The van der Waals surface area contributed by atoms with Crippen molar-refractivity contribution in [1.82, 2.24) is 29.4 Å². The first kappa shape index (κ1) is 37.6. The van der Waals surface area contributed by atoms with Gasteiger partial charge in [-0.05, 0) is 83.2 Å². The molecular formula is C38H51FN6O7. The number of carbonyl (C=O) groups excluding carboxylic acids is 2. The van der Waals surface area contributed by atoms with Crippen LogP contribution in [0, 0.1) is 6.92 Å². The molecule has 4 aliphatic rings. The van der Waals surface area contributed by atoms with Crippen molar-refractivity contribution in [2.45, 2.75) is 103 Å². The predicted molar refractivity (Wildman–Crippen MR) is 190 cm³/mol. The summed E-state index contributed by atoms with van der Waals surface area (Å²) in [5.74, 6) is 0.348. The molecule has 282 valence electrons. The van der Waals surface area contributed by atoms with Crippen LogP contribution in [0.4, 0.5) is 4.39 Å². The van der Waals surface area contributed by atoms with Gasteiger partial charge in [-0.1, -0.05) is 11.6 Å². The number of carboxylic acids is 1. The summed E-state index contributed by atoms with van der Waals surface area (Å²) in [5, 5.41) is 13.1. The molecule has 13 nitrogen and oxygen atoms in total. The Kier molecular flexibility index (Phi) is 12.7. The Labute approximate surface area is 303 Å². The summed E-state index contributed by atoms with van der Waals surface area (Å²) in [5.41, 5.74) is 3.40. The Hall–Kier alpha value is -4.17. The second-order valence-corrected chi connectivity index (χ2v) is 14.4. The van der Waals surface area contributed by atoms with Crippen molar-refractivity contribution in [3.63, 3.8) is 0 Å². The molecule has 2 amide bonds. The van der Waals surface area contributed by atoms with Crippen LogP contribution in [0.2, 0.25) is 0 Å². The van der Waals surface area contributed by atoms with E-state index in [4.69, 9.17) is 19.4 Å². The van der Waals surface area contributed by atoms with Crippen LogP contribution >= 0.6 is 0 Å². The number of aromatic nitrogens is 3. The van der Waals surface area contributed by atoms with Gasteiger partial charge >= 0.3 is 5.97 Å². The van der Waals surface area contributed by atoms with Crippen LogP contribution in [0.15, 0.2) is 27.3 Å². The fourth-order valence-electron chi connectivity index (χ4n) is 7.80. The van der Waals surface area contributed by atoms with Crippen molar-refractivity contribution >= 4 is 23.9 Å². The summed E-state index contributed by atoms with van der Waals surface area (Å²) in [7, 11) is 0. The third-order valence-electron chi connectivity index (χ3n) is 10.9. The van der Waals surface area contributed by atoms with Crippen molar-refractivity contribution in [3.8, 4) is 0 Å². The van der Waals surface area contributed by atoms with Gasteiger partial charge in [0.25, 0.3) is 5.56 Å². The average molecular weight is 723 g/mol. The van der Waals surface area contributed by atoms with Crippen LogP contribution in [-0.4, -0.2) is 105 Å². The summed E-state index contributed by atoms with van der Waals surface area (Å²) >= 11 is 0. The molecule has 1 unspecified atom stereocenters. The van der Waals surface area contributed by atoms with Gasteiger partial charge in [0.05, 0.1) is 12.1 Å². The lowest BCUT2D eigenvalue weighted by Crippen LogP contribution is -2.50. The van der Waals surface area contributed by atoms with Crippen LogP contribution < -0.4 is 5.56 Å². The van der Waals surface area contributed by atoms with E-state index in [9.17, 15) is 23.6 Å². The zero-order valence-electron chi connectivity index (χ0n) is 30.2. The van der Waals surface area contributed by atoms with Crippen LogP contribution in [0.25, 0.3) is 6.08 Å². The number of likely N-dealkylation sites (tertiary alicyclic amines) is 1. The molecule has 14 heteroatoms. The number of rotatable bonds is 14. The van der Waals surface area contributed by atoms with E-state index >= 15 is 0 Å². The molecule has 1 aliphatic carbocycles. The number of carbonyl (C=O) groups is 3. The minimum Gasteiger partial charge on any atom is -0.481 e. The number of hydrogen-bond acceptors (Lipinski definition) is 9. The second-order valence-electron chi connectivity index (χ2n) is 14.4. The number of fused-ring (bicyclic) bond motifs is 2. The topological polar surface area (TPSA) is 151 Å². The lowest BCUT2D eigenvalue weighted by Gasteiger charge is -2.35. The third kappa shape index (κ3) is 9.24. The van der Waals surface area contributed by atoms with Crippen molar-refractivity contribution in [2.24, 2.45) is 0 Å². The number of carboxylic acid groups (broad SMARTS) is 1. The monoisotopic (exact) mass is 722 g/mol. The van der Waals surface area contributed by atoms with E-state index in [0.717, 1.165) is 87.1 Å². The number of aryl methyl sites for hydroxylation is 1. The maximum atomic E-state index is 13.8. The molecule has 0 spiro atoms. The van der Waals surface area contributed by atoms with Crippen molar-refractivity contribution in [3.05, 3.63) is 62.4 Å². The highest BCUT2D eigenvalue weighted by atomic mass is 19.1. The van der Waals surface area contributed by atoms with Gasteiger partial charge in [-0.25, -0.2) is 9.37 Å². The van der Waals surface area contributed by atoms with Crippen LogP contribution in [0.5, 0.6) is 0 Å². The molecule has 2 fully saturated rings. The van der Waals surface area contributed by atoms with Gasteiger partial charge in [0.1, 0.15) is 23.5 Å². The normalized spacial score (nSPS) is 19.6. The standard InChI is InChI=1S/C38H51FN6O7/c1-26-29(16-20-42-18-14-27(15-19-42)36-30-10-8-28(39)9-11-31(30)52-41-36)38(50)45-17-5-6-32(37(45)40-26)51-25-4-2-3-7-33(46)43-21-23-44(24-22-43)34(47)12-13-35(48)49/h8-10,27,32H,2-7,11-25H2,1H3,(H,48,49). The maximum Gasteiger partial charge on any atom is 0.303 e. The number of allylic oxidation sites excluding steroid dienone is 3. The van der Waals surface area contributed by atoms with E-state index in [0.29, 0.717) is 70.2 Å². The zero-order valence-corrected chi connectivity index (χ0v) is 30.2. The van der Waals surface area contributed by atoms with E-state index in [1.54, 1.807) is 15.9 Å². The Bertz CT molecular complexity index is 1720. The zero-order chi connectivity index (χ0) is 36.6. The quantitative estimate of drug-likeness (QED) is 0.279. The summed E-state index contributed by atoms with van der Waals surface area (Å²) in [6, 6.07) is 0. The number of ether oxygens (including phenoxy) is 1. The van der Waals surface area contributed by atoms with E-state index in [2.05, 4.69) is 10.1 Å². The van der Waals surface area contributed by atoms with Crippen LogP contribution in [-0.2, 0) is 38.5 Å². The Morgan fingerprint density at radius 3 is 2.40 bits per heavy atom. The highest BCUT2D eigenvalue weighted by Crippen LogP contribution is 2.34. The number of nitrogens with zero attached hydrogens (tertiary/aromatic N) is 6. The molecule has 0 saturated carbocycles. The fourth-order valence-corrected chi connectivity index (χ4v) is 7.80. The molecule has 0 radical (unpaired) electrons. The molecule has 2 saturated heterocycles. The first-order valence-electron chi connectivity index (χ1n) is 18.9. The number of halogens is 1. The van der Waals surface area contributed by atoms with E-state index in [-0.39, 0.29) is 48.1 Å². The number of unbranched alkanes of at least 4 members (excludes halogenated alkanes) is 2. The minimum absolute atomic E-state index is 0.0107. The summed E-state index contributed by atoms with van der Waals surface area (Å²) in [6.45, 7) is 7.48. The van der Waals surface area contributed by atoms with E-state index in [1.165, 1.54) is 12.2 Å². The number of aliphatic carboxylic acids is 1. The molecule has 0 aromatic carbocycles. The summed E-state index contributed by atoms with van der Waals surface area (Å²) < 4.78 is 27.4. The third-order valence-corrected chi connectivity index (χ3v) is 10.9. The summed E-state index contributed by atoms with van der Waals surface area (Å²) in [4.78, 5) is 60.0. The van der Waals surface area contributed by atoms with Crippen LogP contribution in [0.3, 0.4) is 0 Å². The molecule has 2 aromatic rings. The molecule has 6 rings (SSSR count). The number of hydrogen-bond donors (Lipinski definition) is 1. The molecular weight excluding hydrogens is 671 g/mol. The Balaban J connectivity index is 0.908. The SMILES string of the molecule is Cc1nc2n(c(=O)c1CCN1CCC(c3noc4c3C=CC(F)=CC4)CC1)CCCC2OCCCCCC(=O)N1CCN(C(=O)CCC(=O)O)CC1. The number of piperidine rings is 1. The lowest BCUT2D eigenvalue weighted by atomic mass is 9.90. The molecule has 1 N–H and O–H groups in total. The predicted octanol–water partition coefficient (Wildman–Crippen LogP) is 4.33. The highest BCUT2D eigenvalue weighted by Gasteiger charge is 2.29. The highest BCUT2D eigenvalue weighted by molar-refractivity contribution is 5.81. The average Bonchev–Trinajstić information content (AvgIpc) is 3.46. The number of piperazine rings is 1. The largest absolute Gasteiger partial charge is 0.481 e. The first-order chi connectivity index (χ1) is 25.2. The smallest absolute Gasteiger partial charge is 0.303 e. The molecule has 5 heterocycles. The molecule has 0 bridgehead atoms. The summed E-state index contributed by atoms with van der Waals surface area (Å²) in [6.07, 6.45) is 11.8. The van der Waals surface area contributed by atoms with Crippen LogP contribution in [0.1, 0.15) is 110 Å². The van der Waals surface area contributed by atoms with Gasteiger partial charge in [0.15, 0.2) is 0 Å². The van der Waals surface area contributed by atoms with Gasteiger partial charge in [0, 0.05) is 87.9 Å². The fraction of sp³-hybridized carbons (Fsp3) is 0.632. The molecule has 1 atom stereocenters. The van der Waals surface area contributed by atoms with Gasteiger partial charge in [-0.15, -0.1) is 0 Å².